The predicted octanol–water partition coefficient (Wildman–Crippen LogP) is 4.48. The molecule has 0 bridgehead atoms. The number of carbonyl (C=O) groups excluding carboxylic acids is 1. The van der Waals surface area contributed by atoms with Crippen LogP contribution in [-0.4, -0.2) is 36.3 Å². The van der Waals surface area contributed by atoms with E-state index in [9.17, 15) is 4.79 Å². The maximum absolute atomic E-state index is 12.1. The highest BCUT2D eigenvalue weighted by Crippen LogP contribution is 2.23. The van der Waals surface area contributed by atoms with Gasteiger partial charge in [0.25, 0.3) is 0 Å². The van der Waals surface area contributed by atoms with E-state index in [0.717, 1.165) is 18.7 Å². The third-order valence-electron chi connectivity index (χ3n) is 4.14. The number of ether oxygens (including phenoxy) is 2. The van der Waals surface area contributed by atoms with Gasteiger partial charge in [-0.25, -0.2) is 4.79 Å². The molecule has 1 aliphatic heterocycles. The first-order chi connectivity index (χ1) is 11.4. The highest BCUT2D eigenvalue weighted by Gasteiger charge is 2.30. The normalized spacial score (nSPS) is 18.0. The number of rotatable bonds is 3. The van der Waals surface area contributed by atoms with Gasteiger partial charge in [0.2, 0.25) is 0 Å². The molecule has 0 aromatic heterocycles. The zero-order chi connectivity index (χ0) is 17.2. The van der Waals surface area contributed by atoms with Crippen molar-refractivity contribution in [3.63, 3.8) is 0 Å². The zero-order valence-electron chi connectivity index (χ0n) is 14.6. The molecule has 24 heavy (non-hydrogen) atoms. The molecular formula is C20H25NO3. The molecule has 1 unspecified atom stereocenters. The second-order valence-corrected chi connectivity index (χ2v) is 7.40. The Morgan fingerprint density at radius 3 is 2.67 bits per heavy atom. The molecule has 1 atom stereocenters. The van der Waals surface area contributed by atoms with Crippen LogP contribution in [0.5, 0.6) is 5.75 Å². The molecule has 1 fully saturated rings. The Morgan fingerprint density at radius 2 is 1.92 bits per heavy atom. The lowest BCUT2D eigenvalue weighted by molar-refractivity contribution is 0.0285. The first-order valence-electron chi connectivity index (χ1n) is 8.50. The fraction of sp³-hybridized carbons (Fsp3) is 0.450. The average Bonchev–Trinajstić information content (AvgIpc) is 3.00. The molecule has 4 nitrogen and oxygen atoms in total. The summed E-state index contributed by atoms with van der Waals surface area (Å²) in [6.07, 6.45) is 0.725. The number of amides is 1. The van der Waals surface area contributed by atoms with Crippen molar-refractivity contribution in [1.29, 1.82) is 0 Å². The Kier molecular flexibility index (Phi) is 4.65. The molecule has 3 rings (SSSR count). The smallest absolute Gasteiger partial charge is 0.410 e. The van der Waals surface area contributed by atoms with Crippen LogP contribution in [0.4, 0.5) is 4.79 Å². The minimum Gasteiger partial charge on any atom is -0.493 e. The van der Waals surface area contributed by atoms with Gasteiger partial charge in [0.1, 0.15) is 11.4 Å². The number of hydrogen-bond donors (Lipinski definition) is 0. The van der Waals surface area contributed by atoms with Gasteiger partial charge in [-0.15, -0.1) is 0 Å². The van der Waals surface area contributed by atoms with Crippen molar-refractivity contribution in [2.75, 3.05) is 19.7 Å². The first-order valence-corrected chi connectivity index (χ1v) is 8.50. The third-order valence-corrected chi connectivity index (χ3v) is 4.14. The molecule has 4 heteroatoms. The number of carbonyl (C=O) groups is 1. The Balaban J connectivity index is 1.53. The largest absolute Gasteiger partial charge is 0.493 e. The highest BCUT2D eigenvalue weighted by atomic mass is 16.6. The second-order valence-electron chi connectivity index (χ2n) is 7.40. The van der Waals surface area contributed by atoms with Gasteiger partial charge in [-0.05, 0) is 50.1 Å². The quantitative estimate of drug-likeness (QED) is 0.834. The van der Waals surface area contributed by atoms with Gasteiger partial charge in [0.15, 0.2) is 0 Å². The summed E-state index contributed by atoms with van der Waals surface area (Å²) in [5.74, 6) is 1.23. The SMILES string of the molecule is CC(C)(C)OC(=O)N1CCC(COc2ccc3ccccc3c2)C1. The molecule has 0 spiro atoms. The summed E-state index contributed by atoms with van der Waals surface area (Å²) in [4.78, 5) is 13.9. The summed E-state index contributed by atoms with van der Waals surface area (Å²) in [5, 5.41) is 2.39. The van der Waals surface area contributed by atoms with Crippen molar-refractivity contribution >= 4 is 16.9 Å². The van der Waals surface area contributed by atoms with Crippen molar-refractivity contribution in [2.45, 2.75) is 32.8 Å². The van der Waals surface area contributed by atoms with E-state index in [4.69, 9.17) is 9.47 Å². The van der Waals surface area contributed by atoms with Crippen molar-refractivity contribution in [3.05, 3.63) is 42.5 Å². The molecule has 128 valence electrons. The zero-order valence-corrected chi connectivity index (χ0v) is 14.6. The van der Waals surface area contributed by atoms with E-state index in [-0.39, 0.29) is 6.09 Å². The van der Waals surface area contributed by atoms with Crippen LogP contribution in [0.15, 0.2) is 42.5 Å². The Labute approximate surface area is 143 Å². The molecule has 2 aromatic rings. The maximum atomic E-state index is 12.1. The number of nitrogens with zero attached hydrogens (tertiary/aromatic N) is 1. The van der Waals surface area contributed by atoms with Crippen LogP contribution in [0.25, 0.3) is 10.8 Å². The van der Waals surface area contributed by atoms with Gasteiger partial charge in [-0.1, -0.05) is 30.3 Å². The van der Waals surface area contributed by atoms with Crippen LogP contribution in [-0.2, 0) is 4.74 Å². The van der Waals surface area contributed by atoms with Crippen LogP contribution in [0.3, 0.4) is 0 Å². The Bertz CT molecular complexity index is 720. The monoisotopic (exact) mass is 327 g/mol. The van der Waals surface area contributed by atoms with Crippen molar-refractivity contribution < 1.29 is 14.3 Å². The van der Waals surface area contributed by atoms with Crippen molar-refractivity contribution in [1.82, 2.24) is 4.90 Å². The maximum Gasteiger partial charge on any atom is 0.410 e. The molecule has 1 saturated heterocycles. The van der Waals surface area contributed by atoms with E-state index in [1.165, 1.54) is 10.8 Å². The summed E-state index contributed by atoms with van der Waals surface area (Å²) in [7, 11) is 0. The molecule has 0 aliphatic carbocycles. The van der Waals surface area contributed by atoms with Gasteiger partial charge >= 0.3 is 6.09 Å². The van der Waals surface area contributed by atoms with Crippen LogP contribution in [0, 0.1) is 5.92 Å². The molecule has 1 aliphatic rings. The van der Waals surface area contributed by atoms with Gasteiger partial charge in [0, 0.05) is 19.0 Å². The summed E-state index contributed by atoms with van der Waals surface area (Å²) in [6.45, 7) is 7.73. The average molecular weight is 327 g/mol. The number of hydrogen-bond acceptors (Lipinski definition) is 3. The molecular weight excluding hydrogens is 302 g/mol. The van der Waals surface area contributed by atoms with Crippen LogP contribution >= 0.6 is 0 Å². The van der Waals surface area contributed by atoms with Gasteiger partial charge in [-0.2, -0.15) is 0 Å². The molecule has 1 heterocycles. The van der Waals surface area contributed by atoms with Crippen molar-refractivity contribution in [3.8, 4) is 5.75 Å². The summed E-state index contributed by atoms with van der Waals surface area (Å²) >= 11 is 0. The predicted molar refractivity (Wildman–Crippen MR) is 95.4 cm³/mol. The van der Waals surface area contributed by atoms with E-state index in [1.54, 1.807) is 4.90 Å². The minimum atomic E-state index is -0.448. The van der Waals surface area contributed by atoms with Gasteiger partial charge < -0.3 is 14.4 Å². The van der Waals surface area contributed by atoms with Gasteiger partial charge in [-0.3, -0.25) is 0 Å². The molecule has 2 aromatic carbocycles. The number of likely N-dealkylation sites (tertiary alicyclic amines) is 1. The van der Waals surface area contributed by atoms with E-state index in [2.05, 4.69) is 24.3 Å². The number of fused-ring (bicyclic) bond motifs is 1. The minimum absolute atomic E-state index is 0.226. The van der Waals surface area contributed by atoms with Crippen LogP contribution in [0.2, 0.25) is 0 Å². The summed E-state index contributed by atoms with van der Waals surface area (Å²) < 4.78 is 11.4. The summed E-state index contributed by atoms with van der Waals surface area (Å²) in [5.41, 5.74) is -0.448. The van der Waals surface area contributed by atoms with Gasteiger partial charge in [0.05, 0.1) is 6.61 Å². The lowest BCUT2D eigenvalue weighted by Gasteiger charge is -2.24. The fourth-order valence-corrected chi connectivity index (χ4v) is 2.93. The van der Waals surface area contributed by atoms with Crippen LogP contribution < -0.4 is 4.74 Å². The fourth-order valence-electron chi connectivity index (χ4n) is 2.93. The Hall–Kier alpha value is -2.23. The lowest BCUT2D eigenvalue weighted by atomic mass is 10.1. The van der Waals surface area contributed by atoms with Crippen LogP contribution in [0.1, 0.15) is 27.2 Å². The van der Waals surface area contributed by atoms with E-state index < -0.39 is 5.60 Å². The van der Waals surface area contributed by atoms with E-state index in [1.807, 2.05) is 39.0 Å². The highest BCUT2D eigenvalue weighted by molar-refractivity contribution is 5.83. The topological polar surface area (TPSA) is 38.8 Å². The third kappa shape index (κ3) is 4.19. The first kappa shape index (κ1) is 16.6. The molecule has 0 saturated carbocycles. The molecule has 0 radical (unpaired) electrons. The Morgan fingerprint density at radius 1 is 1.17 bits per heavy atom. The van der Waals surface area contributed by atoms with E-state index in [0.29, 0.717) is 19.1 Å². The second kappa shape index (κ2) is 6.71. The molecule has 0 N–H and O–H groups in total. The number of benzene rings is 2. The summed E-state index contributed by atoms with van der Waals surface area (Å²) in [6, 6.07) is 14.4. The van der Waals surface area contributed by atoms with E-state index >= 15 is 0 Å². The standard InChI is InChI=1S/C20H25NO3/c1-20(2,3)24-19(22)21-11-10-15(13-21)14-23-18-9-8-16-6-4-5-7-17(16)12-18/h4-9,12,15H,10-11,13-14H2,1-3H3. The van der Waals surface area contributed by atoms with Crippen molar-refractivity contribution in [2.24, 2.45) is 5.92 Å². The molecule has 1 amide bonds. The lowest BCUT2D eigenvalue weighted by Crippen LogP contribution is -2.35.